The lowest BCUT2D eigenvalue weighted by Crippen LogP contribution is -2.01. The molecular weight excluding hydrogens is 352 g/mol. The average molecular weight is 372 g/mol. The predicted molar refractivity (Wildman–Crippen MR) is 112 cm³/mol. The number of thioether (sulfide) groups is 1. The van der Waals surface area contributed by atoms with Crippen molar-refractivity contribution in [3.05, 3.63) is 84.4 Å². The van der Waals surface area contributed by atoms with Crippen LogP contribution in [-0.4, -0.2) is 22.6 Å². The molecule has 0 N–H and O–H groups in total. The summed E-state index contributed by atoms with van der Waals surface area (Å²) >= 11 is 1.68. The lowest BCUT2D eigenvalue weighted by atomic mass is 10.1. The Morgan fingerprint density at radius 2 is 1.48 bits per heavy atom. The Morgan fingerprint density at radius 1 is 0.778 bits per heavy atom. The van der Waals surface area contributed by atoms with Crippen LogP contribution in [0.15, 0.2) is 83.9 Å². The van der Waals surface area contributed by atoms with Gasteiger partial charge >= 0.3 is 0 Å². The zero-order valence-electron chi connectivity index (χ0n) is 15.1. The lowest BCUT2D eigenvalue weighted by molar-refractivity contribution is 0.344. The van der Waals surface area contributed by atoms with Crippen LogP contribution in [0.4, 0.5) is 0 Å². The number of ether oxygens (including phenoxy) is 1. The summed E-state index contributed by atoms with van der Waals surface area (Å²) in [5.74, 6) is 1.72. The molecule has 1 heterocycles. The minimum atomic E-state index is 0.629. The average Bonchev–Trinajstić information content (AvgIpc) is 2.73. The summed E-state index contributed by atoms with van der Waals surface area (Å²) in [7, 11) is 0. The number of benzene rings is 3. The van der Waals surface area contributed by atoms with Crippen LogP contribution >= 0.6 is 11.8 Å². The number of hydrogen-bond donors (Lipinski definition) is 0. The third-order valence-corrected chi connectivity index (χ3v) is 5.26. The van der Waals surface area contributed by atoms with E-state index in [1.165, 1.54) is 5.56 Å². The molecule has 0 spiro atoms. The quantitative estimate of drug-likeness (QED) is 0.318. The highest BCUT2D eigenvalue weighted by Gasteiger charge is 2.11. The lowest BCUT2D eigenvalue weighted by Gasteiger charge is -2.10. The Labute approximate surface area is 163 Å². The van der Waals surface area contributed by atoms with Gasteiger partial charge in [0, 0.05) is 22.1 Å². The molecule has 0 bridgehead atoms. The molecule has 0 unspecified atom stereocenters. The Hall–Kier alpha value is -2.85. The van der Waals surface area contributed by atoms with Gasteiger partial charge in [-0.3, -0.25) is 0 Å². The van der Waals surface area contributed by atoms with Crippen LogP contribution < -0.4 is 4.74 Å². The van der Waals surface area contributed by atoms with E-state index >= 15 is 0 Å². The molecule has 3 nitrogen and oxygen atoms in total. The standard InChI is InChI=1S/C23H20N2OS/c1-17-11-13-19(14-12-17)26-15-16-27-23-21-10-6-5-9-20(21)22(24-25-23)18-7-3-2-4-8-18/h2-14H,15-16H2,1H3. The summed E-state index contributed by atoms with van der Waals surface area (Å²) in [4.78, 5) is 0. The van der Waals surface area contributed by atoms with Crippen LogP contribution in [0.3, 0.4) is 0 Å². The molecular formula is C23H20N2OS. The maximum absolute atomic E-state index is 5.82. The molecule has 0 amide bonds. The molecule has 0 aliphatic heterocycles. The minimum Gasteiger partial charge on any atom is -0.493 e. The van der Waals surface area contributed by atoms with E-state index in [0.29, 0.717) is 6.61 Å². The van der Waals surface area contributed by atoms with Crippen molar-refractivity contribution in [1.82, 2.24) is 10.2 Å². The van der Waals surface area contributed by atoms with Gasteiger partial charge in [-0.15, -0.1) is 22.0 Å². The van der Waals surface area contributed by atoms with E-state index in [1.807, 2.05) is 42.5 Å². The van der Waals surface area contributed by atoms with Crippen molar-refractivity contribution >= 4 is 22.5 Å². The van der Waals surface area contributed by atoms with Crippen molar-refractivity contribution in [1.29, 1.82) is 0 Å². The van der Waals surface area contributed by atoms with Crippen LogP contribution in [-0.2, 0) is 0 Å². The van der Waals surface area contributed by atoms with Gasteiger partial charge in [0.05, 0.1) is 6.61 Å². The largest absolute Gasteiger partial charge is 0.493 e. The van der Waals surface area contributed by atoms with Crippen LogP contribution in [0.2, 0.25) is 0 Å². The molecule has 4 aromatic rings. The molecule has 0 atom stereocenters. The molecule has 0 aliphatic carbocycles. The van der Waals surface area contributed by atoms with Crippen LogP contribution in [0.5, 0.6) is 5.75 Å². The number of fused-ring (bicyclic) bond motifs is 1. The second kappa shape index (κ2) is 8.23. The SMILES string of the molecule is Cc1ccc(OCCSc2nnc(-c3ccccc3)c3ccccc23)cc1. The number of rotatable bonds is 6. The van der Waals surface area contributed by atoms with Crippen molar-refractivity contribution in [2.45, 2.75) is 11.9 Å². The summed E-state index contributed by atoms with van der Waals surface area (Å²) in [5.41, 5.74) is 3.24. The molecule has 0 saturated carbocycles. The fourth-order valence-electron chi connectivity index (χ4n) is 2.93. The first kappa shape index (κ1) is 17.6. The molecule has 0 fully saturated rings. The van der Waals surface area contributed by atoms with E-state index in [-0.39, 0.29) is 0 Å². The van der Waals surface area contributed by atoms with Gasteiger partial charge in [0.2, 0.25) is 0 Å². The van der Waals surface area contributed by atoms with Gasteiger partial charge in [-0.05, 0) is 19.1 Å². The number of hydrogen-bond acceptors (Lipinski definition) is 4. The Bertz CT molecular complexity index is 1030. The molecule has 0 saturated heterocycles. The van der Waals surface area contributed by atoms with Crippen LogP contribution in [0.25, 0.3) is 22.0 Å². The topological polar surface area (TPSA) is 35.0 Å². The number of nitrogens with zero attached hydrogens (tertiary/aromatic N) is 2. The van der Waals surface area contributed by atoms with Crippen molar-refractivity contribution < 1.29 is 4.74 Å². The van der Waals surface area contributed by atoms with E-state index in [1.54, 1.807) is 11.8 Å². The van der Waals surface area contributed by atoms with Gasteiger partial charge in [-0.1, -0.05) is 72.3 Å². The summed E-state index contributed by atoms with van der Waals surface area (Å²) in [5, 5.41) is 12.2. The van der Waals surface area contributed by atoms with Gasteiger partial charge in [-0.2, -0.15) is 0 Å². The second-order valence-corrected chi connectivity index (χ2v) is 7.36. The Morgan fingerprint density at radius 3 is 2.26 bits per heavy atom. The predicted octanol–water partition coefficient (Wildman–Crippen LogP) is 5.78. The molecule has 27 heavy (non-hydrogen) atoms. The summed E-state index contributed by atoms with van der Waals surface area (Å²) < 4.78 is 5.82. The smallest absolute Gasteiger partial charge is 0.127 e. The molecule has 0 aliphatic rings. The van der Waals surface area contributed by atoms with E-state index < -0.39 is 0 Å². The summed E-state index contributed by atoms with van der Waals surface area (Å²) in [6.07, 6.45) is 0. The number of aromatic nitrogens is 2. The minimum absolute atomic E-state index is 0.629. The Balaban J connectivity index is 1.50. The van der Waals surface area contributed by atoms with Gasteiger partial charge in [-0.25, -0.2) is 0 Å². The van der Waals surface area contributed by atoms with E-state index in [9.17, 15) is 0 Å². The summed E-state index contributed by atoms with van der Waals surface area (Å²) in [6.45, 7) is 2.70. The van der Waals surface area contributed by atoms with Gasteiger partial charge in [0.15, 0.2) is 0 Å². The second-order valence-electron chi connectivity index (χ2n) is 6.28. The molecule has 1 aromatic heterocycles. The molecule has 0 radical (unpaired) electrons. The molecule has 3 aromatic carbocycles. The molecule has 4 heteroatoms. The highest BCUT2D eigenvalue weighted by molar-refractivity contribution is 7.99. The normalized spacial score (nSPS) is 10.9. The first-order valence-corrected chi connectivity index (χ1v) is 9.93. The number of aryl methyl sites for hydroxylation is 1. The van der Waals surface area contributed by atoms with E-state index in [2.05, 4.69) is 53.5 Å². The van der Waals surface area contributed by atoms with E-state index in [4.69, 9.17) is 4.74 Å². The van der Waals surface area contributed by atoms with Gasteiger partial charge in [0.25, 0.3) is 0 Å². The zero-order chi connectivity index (χ0) is 18.5. The zero-order valence-corrected chi connectivity index (χ0v) is 15.9. The molecule has 134 valence electrons. The maximum atomic E-state index is 5.82. The highest BCUT2D eigenvalue weighted by Crippen LogP contribution is 2.31. The van der Waals surface area contributed by atoms with Crippen LogP contribution in [0, 0.1) is 6.92 Å². The third-order valence-electron chi connectivity index (χ3n) is 4.31. The highest BCUT2D eigenvalue weighted by atomic mass is 32.2. The fourth-order valence-corrected chi connectivity index (χ4v) is 3.72. The molecule has 4 rings (SSSR count). The Kier molecular flexibility index (Phi) is 5.35. The first-order chi connectivity index (χ1) is 13.3. The van der Waals surface area contributed by atoms with Crippen molar-refractivity contribution in [2.75, 3.05) is 12.4 Å². The first-order valence-electron chi connectivity index (χ1n) is 8.94. The van der Waals surface area contributed by atoms with Crippen molar-refractivity contribution in [3.8, 4) is 17.0 Å². The monoisotopic (exact) mass is 372 g/mol. The van der Waals surface area contributed by atoms with Crippen molar-refractivity contribution in [3.63, 3.8) is 0 Å². The summed E-state index contributed by atoms with van der Waals surface area (Å²) in [6, 6.07) is 26.6. The van der Waals surface area contributed by atoms with Crippen LogP contribution in [0.1, 0.15) is 5.56 Å². The van der Waals surface area contributed by atoms with Gasteiger partial charge in [0.1, 0.15) is 16.5 Å². The fraction of sp³-hybridized carbons (Fsp3) is 0.130. The third kappa shape index (κ3) is 4.12. The van der Waals surface area contributed by atoms with E-state index in [0.717, 1.165) is 38.6 Å². The van der Waals surface area contributed by atoms with Gasteiger partial charge < -0.3 is 4.74 Å². The van der Waals surface area contributed by atoms with Crippen molar-refractivity contribution in [2.24, 2.45) is 0 Å². The maximum Gasteiger partial charge on any atom is 0.127 e.